The number of thiazole rings is 1. The lowest BCUT2D eigenvalue weighted by Crippen LogP contribution is -2.35. The number of nitrogens with zero attached hydrogens (tertiary/aromatic N) is 1. The van der Waals surface area contributed by atoms with E-state index in [-0.39, 0.29) is 5.54 Å². The molecular weight excluding hydrogens is 216 g/mol. The van der Waals surface area contributed by atoms with Gasteiger partial charge in [-0.05, 0) is 25.7 Å². The summed E-state index contributed by atoms with van der Waals surface area (Å²) in [6.45, 7) is 4.31. The van der Waals surface area contributed by atoms with Crippen LogP contribution in [0.25, 0.3) is 0 Å². The first-order valence-electron chi connectivity index (χ1n) is 6.44. The van der Waals surface area contributed by atoms with Crippen molar-refractivity contribution in [2.45, 2.75) is 63.8 Å². The molecule has 2 nitrogen and oxygen atoms in total. The Kier molecular flexibility index (Phi) is 3.65. The molecule has 1 saturated carbocycles. The predicted octanol–water partition coefficient (Wildman–Crippen LogP) is 3.77. The Morgan fingerprint density at radius 3 is 2.56 bits per heavy atom. The SMILES string of the molecule is CCC(N)(CC)c1nc(C2CCCC2)cs1. The highest BCUT2D eigenvalue weighted by Gasteiger charge is 2.28. The molecule has 0 saturated heterocycles. The van der Waals surface area contributed by atoms with E-state index in [0.29, 0.717) is 5.92 Å². The highest BCUT2D eigenvalue weighted by atomic mass is 32.1. The van der Waals surface area contributed by atoms with Crippen molar-refractivity contribution in [3.8, 4) is 0 Å². The molecule has 0 unspecified atom stereocenters. The molecule has 2 rings (SSSR count). The van der Waals surface area contributed by atoms with E-state index in [4.69, 9.17) is 10.7 Å². The molecule has 0 spiro atoms. The van der Waals surface area contributed by atoms with E-state index >= 15 is 0 Å². The number of hydrogen-bond donors (Lipinski definition) is 1. The summed E-state index contributed by atoms with van der Waals surface area (Å²) in [6.07, 6.45) is 7.32. The Morgan fingerprint density at radius 1 is 1.38 bits per heavy atom. The molecule has 0 aliphatic heterocycles. The molecule has 0 radical (unpaired) electrons. The number of hydrogen-bond acceptors (Lipinski definition) is 3. The van der Waals surface area contributed by atoms with Crippen LogP contribution >= 0.6 is 11.3 Å². The highest BCUT2D eigenvalue weighted by Crippen LogP contribution is 2.37. The fraction of sp³-hybridized carbons (Fsp3) is 0.769. The van der Waals surface area contributed by atoms with E-state index in [1.54, 1.807) is 11.3 Å². The van der Waals surface area contributed by atoms with Gasteiger partial charge < -0.3 is 5.73 Å². The maximum absolute atomic E-state index is 6.38. The lowest BCUT2D eigenvalue weighted by atomic mass is 9.95. The van der Waals surface area contributed by atoms with Gasteiger partial charge in [0, 0.05) is 11.3 Å². The molecule has 0 bridgehead atoms. The van der Waals surface area contributed by atoms with Crippen LogP contribution < -0.4 is 5.73 Å². The molecule has 1 fully saturated rings. The average molecular weight is 238 g/mol. The molecule has 16 heavy (non-hydrogen) atoms. The van der Waals surface area contributed by atoms with Crippen LogP contribution in [0, 0.1) is 0 Å². The van der Waals surface area contributed by atoms with E-state index in [1.165, 1.54) is 31.4 Å². The molecular formula is C13H22N2S. The Bertz CT molecular complexity index is 335. The minimum absolute atomic E-state index is 0.193. The van der Waals surface area contributed by atoms with Crippen molar-refractivity contribution in [1.82, 2.24) is 4.98 Å². The van der Waals surface area contributed by atoms with Crippen molar-refractivity contribution in [3.63, 3.8) is 0 Å². The van der Waals surface area contributed by atoms with Crippen LogP contribution in [0.15, 0.2) is 5.38 Å². The number of aromatic nitrogens is 1. The maximum Gasteiger partial charge on any atom is 0.113 e. The van der Waals surface area contributed by atoms with Crippen molar-refractivity contribution in [3.05, 3.63) is 16.1 Å². The zero-order valence-electron chi connectivity index (χ0n) is 10.3. The van der Waals surface area contributed by atoms with Crippen molar-refractivity contribution < 1.29 is 0 Å². The van der Waals surface area contributed by atoms with Crippen LogP contribution in [0.1, 0.15) is 69.0 Å². The van der Waals surface area contributed by atoms with E-state index in [9.17, 15) is 0 Å². The quantitative estimate of drug-likeness (QED) is 0.867. The summed E-state index contributed by atoms with van der Waals surface area (Å²) in [5, 5.41) is 3.37. The van der Waals surface area contributed by atoms with E-state index in [2.05, 4.69) is 19.2 Å². The summed E-state index contributed by atoms with van der Waals surface area (Å²) < 4.78 is 0. The Labute approximate surface area is 102 Å². The van der Waals surface area contributed by atoms with Gasteiger partial charge in [0.25, 0.3) is 0 Å². The third-order valence-electron chi connectivity index (χ3n) is 3.98. The number of rotatable bonds is 4. The fourth-order valence-electron chi connectivity index (χ4n) is 2.48. The van der Waals surface area contributed by atoms with Crippen LogP contribution in [-0.2, 0) is 5.54 Å². The second-order valence-corrected chi connectivity index (χ2v) is 5.78. The van der Waals surface area contributed by atoms with E-state index < -0.39 is 0 Å². The van der Waals surface area contributed by atoms with Gasteiger partial charge in [-0.1, -0.05) is 26.7 Å². The van der Waals surface area contributed by atoms with Gasteiger partial charge in [0.15, 0.2) is 0 Å². The molecule has 3 heteroatoms. The topological polar surface area (TPSA) is 38.9 Å². The third-order valence-corrected chi connectivity index (χ3v) is 5.06. The van der Waals surface area contributed by atoms with Crippen LogP contribution in [0.5, 0.6) is 0 Å². The van der Waals surface area contributed by atoms with Crippen LogP contribution in [0.3, 0.4) is 0 Å². The minimum Gasteiger partial charge on any atom is -0.319 e. The second kappa shape index (κ2) is 4.84. The third kappa shape index (κ3) is 2.16. The molecule has 0 aromatic carbocycles. The smallest absolute Gasteiger partial charge is 0.113 e. The zero-order chi connectivity index (χ0) is 11.6. The van der Waals surface area contributed by atoms with Gasteiger partial charge in [0.2, 0.25) is 0 Å². The summed E-state index contributed by atoms with van der Waals surface area (Å²) >= 11 is 1.76. The van der Waals surface area contributed by atoms with Gasteiger partial charge >= 0.3 is 0 Å². The van der Waals surface area contributed by atoms with Crippen LogP contribution in [-0.4, -0.2) is 4.98 Å². The number of nitrogens with two attached hydrogens (primary N) is 1. The van der Waals surface area contributed by atoms with E-state index in [1.807, 2.05) is 0 Å². The standard InChI is InChI=1S/C13H22N2S/c1-3-13(14,4-2)12-15-11(9-16-12)10-7-5-6-8-10/h9-10H,3-8,14H2,1-2H3. The Morgan fingerprint density at radius 2 is 2.00 bits per heavy atom. The fourth-order valence-corrected chi connectivity index (χ4v) is 3.64. The first kappa shape index (κ1) is 12.1. The lowest BCUT2D eigenvalue weighted by molar-refractivity contribution is 0.409. The monoisotopic (exact) mass is 238 g/mol. The largest absolute Gasteiger partial charge is 0.319 e. The highest BCUT2D eigenvalue weighted by molar-refractivity contribution is 7.09. The first-order valence-corrected chi connectivity index (χ1v) is 7.32. The van der Waals surface area contributed by atoms with Gasteiger partial charge in [0.05, 0.1) is 11.2 Å². The molecule has 0 atom stereocenters. The van der Waals surface area contributed by atoms with Crippen molar-refractivity contribution in [2.24, 2.45) is 5.73 Å². The summed E-state index contributed by atoms with van der Waals surface area (Å²) in [7, 11) is 0. The molecule has 0 amide bonds. The van der Waals surface area contributed by atoms with Crippen molar-refractivity contribution in [1.29, 1.82) is 0 Å². The lowest BCUT2D eigenvalue weighted by Gasteiger charge is -2.23. The molecule has 2 N–H and O–H groups in total. The average Bonchev–Trinajstić information content (AvgIpc) is 2.97. The molecule has 1 aliphatic rings. The van der Waals surface area contributed by atoms with Crippen LogP contribution in [0.2, 0.25) is 0 Å². The summed E-state index contributed by atoms with van der Waals surface area (Å²) in [5.74, 6) is 0.711. The second-order valence-electron chi connectivity index (χ2n) is 4.92. The van der Waals surface area contributed by atoms with Crippen molar-refractivity contribution >= 4 is 11.3 Å². The first-order chi connectivity index (χ1) is 7.69. The minimum atomic E-state index is -0.193. The zero-order valence-corrected chi connectivity index (χ0v) is 11.1. The molecule has 90 valence electrons. The van der Waals surface area contributed by atoms with E-state index in [0.717, 1.165) is 17.8 Å². The Hall–Kier alpha value is -0.410. The molecule has 1 aromatic heterocycles. The van der Waals surface area contributed by atoms with Crippen LogP contribution in [0.4, 0.5) is 0 Å². The molecule has 1 heterocycles. The molecule has 1 aromatic rings. The normalized spacial score (nSPS) is 18.2. The van der Waals surface area contributed by atoms with Gasteiger partial charge in [-0.15, -0.1) is 11.3 Å². The predicted molar refractivity (Wildman–Crippen MR) is 69.8 cm³/mol. The Balaban J connectivity index is 2.17. The molecule has 1 aliphatic carbocycles. The summed E-state index contributed by atoms with van der Waals surface area (Å²) in [5.41, 5.74) is 7.49. The summed E-state index contributed by atoms with van der Waals surface area (Å²) in [4.78, 5) is 4.80. The van der Waals surface area contributed by atoms with Gasteiger partial charge in [-0.2, -0.15) is 0 Å². The van der Waals surface area contributed by atoms with Gasteiger partial charge in [0.1, 0.15) is 5.01 Å². The maximum atomic E-state index is 6.38. The van der Waals surface area contributed by atoms with Gasteiger partial charge in [-0.25, -0.2) is 4.98 Å². The van der Waals surface area contributed by atoms with Crippen molar-refractivity contribution in [2.75, 3.05) is 0 Å². The van der Waals surface area contributed by atoms with Gasteiger partial charge in [-0.3, -0.25) is 0 Å². The summed E-state index contributed by atoms with van der Waals surface area (Å²) in [6, 6.07) is 0.